The first kappa shape index (κ1) is 21.3. The van der Waals surface area contributed by atoms with Gasteiger partial charge in [0.2, 0.25) is 5.91 Å². The van der Waals surface area contributed by atoms with Crippen molar-refractivity contribution < 1.29 is 23.9 Å². The second-order valence-electron chi connectivity index (χ2n) is 7.93. The van der Waals surface area contributed by atoms with E-state index in [1.54, 1.807) is 54.3 Å². The Labute approximate surface area is 185 Å². The topological polar surface area (TPSA) is 96.0 Å². The summed E-state index contributed by atoms with van der Waals surface area (Å²) >= 11 is 0. The normalized spacial score (nSPS) is 17.1. The van der Waals surface area contributed by atoms with Crippen molar-refractivity contribution in [3.63, 3.8) is 0 Å². The Hall–Kier alpha value is -3.94. The summed E-state index contributed by atoms with van der Waals surface area (Å²) < 4.78 is 5.67. The van der Waals surface area contributed by atoms with Gasteiger partial charge in [-0.15, -0.1) is 0 Å². The number of imide groups is 1. The Kier molecular flexibility index (Phi) is 5.52. The lowest BCUT2D eigenvalue weighted by atomic mass is 10.1. The monoisotopic (exact) mass is 433 g/mol. The van der Waals surface area contributed by atoms with Gasteiger partial charge >= 0.3 is 0 Å². The SMILES string of the molecule is C=C(C)CN1C(=O)C(C)Oc2ccc(NC(=O)CCN3C(=O)c4ccccc4C3=O)cc21. The quantitative estimate of drug-likeness (QED) is 0.558. The van der Waals surface area contributed by atoms with Crippen molar-refractivity contribution in [3.8, 4) is 5.75 Å². The minimum atomic E-state index is -0.609. The number of carbonyl (C=O) groups excluding carboxylic acids is 4. The zero-order chi connectivity index (χ0) is 23.0. The van der Waals surface area contributed by atoms with E-state index < -0.39 is 17.9 Å². The number of hydrogen-bond donors (Lipinski definition) is 1. The molecule has 4 amide bonds. The molecule has 0 fully saturated rings. The summed E-state index contributed by atoms with van der Waals surface area (Å²) in [6.45, 7) is 7.72. The highest BCUT2D eigenvalue weighted by atomic mass is 16.5. The molecule has 0 saturated carbocycles. The molecular weight excluding hydrogens is 410 g/mol. The Bertz CT molecular complexity index is 1120. The number of benzene rings is 2. The number of fused-ring (bicyclic) bond motifs is 2. The lowest BCUT2D eigenvalue weighted by molar-refractivity contribution is -0.125. The lowest BCUT2D eigenvalue weighted by Crippen LogP contribution is -2.45. The molecule has 4 rings (SSSR count). The molecule has 2 aliphatic rings. The fourth-order valence-electron chi connectivity index (χ4n) is 3.80. The van der Waals surface area contributed by atoms with Crippen molar-refractivity contribution in [2.45, 2.75) is 26.4 Å². The molecule has 2 heterocycles. The van der Waals surface area contributed by atoms with E-state index in [-0.39, 0.29) is 24.8 Å². The zero-order valence-corrected chi connectivity index (χ0v) is 17.9. The number of ether oxygens (including phenoxy) is 1. The van der Waals surface area contributed by atoms with Gasteiger partial charge in [0.05, 0.1) is 16.8 Å². The average Bonchev–Trinajstić information content (AvgIpc) is 3.00. The minimum Gasteiger partial charge on any atom is -0.479 e. The van der Waals surface area contributed by atoms with Crippen LogP contribution in [-0.2, 0) is 9.59 Å². The number of hydrogen-bond acceptors (Lipinski definition) is 5. The number of amides is 4. The van der Waals surface area contributed by atoms with E-state index in [1.165, 1.54) is 0 Å². The van der Waals surface area contributed by atoms with Gasteiger partial charge < -0.3 is 15.0 Å². The lowest BCUT2D eigenvalue weighted by Gasteiger charge is -2.33. The Balaban J connectivity index is 1.44. The second kappa shape index (κ2) is 8.30. The Morgan fingerprint density at radius 2 is 1.72 bits per heavy atom. The van der Waals surface area contributed by atoms with Gasteiger partial charge in [-0.05, 0) is 44.2 Å². The van der Waals surface area contributed by atoms with Crippen molar-refractivity contribution in [1.29, 1.82) is 0 Å². The van der Waals surface area contributed by atoms with E-state index in [0.717, 1.165) is 10.5 Å². The van der Waals surface area contributed by atoms with Crippen LogP contribution in [0.2, 0.25) is 0 Å². The molecule has 0 aliphatic carbocycles. The molecule has 0 bridgehead atoms. The van der Waals surface area contributed by atoms with Crippen molar-refractivity contribution >= 4 is 35.0 Å². The molecule has 1 N–H and O–H groups in total. The molecule has 0 saturated heterocycles. The highest BCUT2D eigenvalue weighted by molar-refractivity contribution is 6.21. The predicted octanol–water partition coefficient (Wildman–Crippen LogP) is 3.00. The molecule has 1 unspecified atom stereocenters. The van der Waals surface area contributed by atoms with Gasteiger partial charge in [-0.1, -0.05) is 24.3 Å². The summed E-state index contributed by atoms with van der Waals surface area (Å²) in [5, 5.41) is 2.76. The Morgan fingerprint density at radius 3 is 2.34 bits per heavy atom. The molecule has 0 radical (unpaired) electrons. The highest BCUT2D eigenvalue weighted by Crippen LogP contribution is 2.36. The molecule has 8 nitrogen and oxygen atoms in total. The summed E-state index contributed by atoms with van der Waals surface area (Å²) in [7, 11) is 0. The predicted molar refractivity (Wildman–Crippen MR) is 119 cm³/mol. The molecule has 1 atom stereocenters. The van der Waals surface area contributed by atoms with Gasteiger partial charge in [0.25, 0.3) is 17.7 Å². The third-order valence-corrected chi connectivity index (χ3v) is 5.32. The van der Waals surface area contributed by atoms with Crippen LogP contribution in [0.1, 0.15) is 41.0 Å². The van der Waals surface area contributed by atoms with Crippen LogP contribution < -0.4 is 15.0 Å². The van der Waals surface area contributed by atoms with Crippen LogP contribution in [-0.4, -0.2) is 47.7 Å². The van der Waals surface area contributed by atoms with Crippen LogP contribution in [0.25, 0.3) is 0 Å². The second-order valence-corrected chi connectivity index (χ2v) is 7.93. The first-order valence-corrected chi connectivity index (χ1v) is 10.3. The maximum absolute atomic E-state index is 12.6. The number of nitrogens with zero attached hydrogens (tertiary/aromatic N) is 2. The average molecular weight is 433 g/mol. The smallest absolute Gasteiger partial charge is 0.268 e. The summed E-state index contributed by atoms with van der Waals surface area (Å²) in [5.74, 6) is -0.791. The molecule has 0 aromatic heterocycles. The first-order chi connectivity index (χ1) is 15.3. The van der Waals surface area contributed by atoms with Crippen LogP contribution >= 0.6 is 0 Å². The highest BCUT2D eigenvalue weighted by Gasteiger charge is 2.35. The van der Waals surface area contributed by atoms with Crippen LogP contribution in [0.4, 0.5) is 11.4 Å². The zero-order valence-electron chi connectivity index (χ0n) is 17.9. The molecule has 8 heteroatoms. The van der Waals surface area contributed by atoms with E-state index in [1.807, 2.05) is 6.92 Å². The summed E-state index contributed by atoms with van der Waals surface area (Å²) in [6.07, 6.45) is -0.660. The van der Waals surface area contributed by atoms with Crippen molar-refractivity contribution in [2.24, 2.45) is 0 Å². The van der Waals surface area contributed by atoms with Crippen LogP contribution in [0.3, 0.4) is 0 Å². The van der Waals surface area contributed by atoms with E-state index in [0.29, 0.717) is 34.8 Å². The number of nitrogens with one attached hydrogen (secondary N) is 1. The van der Waals surface area contributed by atoms with Crippen molar-refractivity contribution in [2.75, 3.05) is 23.3 Å². The van der Waals surface area contributed by atoms with E-state index in [4.69, 9.17) is 4.74 Å². The van der Waals surface area contributed by atoms with Gasteiger partial charge in [0.1, 0.15) is 5.75 Å². The van der Waals surface area contributed by atoms with E-state index >= 15 is 0 Å². The number of anilines is 2. The third-order valence-electron chi connectivity index (χ3n) is 5.32. The number of carbonyl (C=O) groups is 4. The van der Waals surface area contributed by atoms with Crippen molar-refractivity contribution in [3.05, 3.63) is 65.7 Å². The standard InChI is InChI=1S/C24H23N3O5/c1-14(2)13-27-19-12-16(8-9-20(19)32-15(3)22(27)29)25-21(28)10-11-26-23(30)17-6-4-5-7-18(17)24(26)31/h4-9,12,15H,1,10-11,13H2,2-3H3,(H,25,28). The molecule has 0 spiro atoms. The van der Waals surface area contributed by atoms with Gasteiger partial charge in [0, 0.05) is 25.2 Å². The maximum Gasteiger partial charge on any atom is 0.268 e. The van der Waals surface area contributed by atoms with Gasteiger partial charge in [-0.25, -0.2) is 0 Å². The Morgan fingerprint density at radius 1 is 1.06 bits per heavy atom. The summed E-state index contributed by atoms with van der Waals surface area (Å²) in [4.78, 5) is 52.6. The van der Waals surface area contributed by atoms with Crippen LogP contribution in [0, 0.1) is 0 Å². The molecule has 2 aromatic rings. The fraction of sp³-hybridized carbons (Fsp3) is 0.250. The molecule has 2 aromatic carbocycles. The minimum absolute atomic E-state index is 0.0238. The molecular formula is C24H23N3O5. The third kappa shape index (κ3) is 3.87. The van der Waals surface area contributed by atoms with Gasteiger partial charge in [0.15, 0.2) is 6.10 Å². The molecule has 164 valence electrons. The van der Waals surface area contributed by atoms with Crippen LogP contribution in [0.5, 0.6) is 5.75 Å². The molecule has 2 aliphatic heterocycles. The van der Waals surface area contributed by atoms with E-state index in [2.05, 4.69) is 11.9 Å². The summed E-state index contributed by atoms with van der Waals surface area (Å²) in [5.41, 5.74) is 2.55. The fourth-order valence-corrected chi connectivity index (χ4v) is 3.80. The first-order valence-electron chi connectivity index (χ1n) is 10.3. The van der Waals surface area contributed by atoms with E-state index in [9.17, 15) is 19.2 Å². The number of rotatable bonds is 6. The maximum atomic E-state index is 12.6. The van der Waals surface area contributed by atoms with Crippen molar-refractivity contribution in [1.82, 2.24) is 4.90 Å². The van der Waals surface area contributed by atoms with Gasteiger partial charge in [-0.3, -0.25) is 24.1 Å². The largest absolute Gasteiger partial charge is 0.479 e. The summed E-state index contributed by atoms with van der Waals surface area (Å²) in [6, 6.07) is 11.6. The van der Waals surface area contributed by atoms with Gasteiger partial charge in [-0.2, -0.15) is 0 Å². The molecule has 32 heavy (non-hydrogen) atoms. The van der Waals surface area contributed by atoms with Crippen LogP contribution in [0.15, 0.2) is 54.6 Å².